The predicted molar refractivity (Wildman–Crippen MR) is 480 cm³/mol. The average molecular weight is 1530 g/mol. The van der Waals surface area contributed by atoms with Crippen LogP contribution in [-0.4, -0.2) is 65.6 Å². The first-order chi connectivity index (χ1) is 159. The van der Waals surface area contributed by atoms with Crippen molar-refractivity contribution in [2.45, 2.75) is 59.7 Å². The molecule has 0 atom stereocenters. The van der Waals surface area contributed by atoms with Crippen molar-refractivity contribution in [3.63, 3.8) is 0 Å². The van der Waals surface area contributed by atoms with Gasteiger partial charge in [-0.15, -0.1) is 17.3 Å². The molecule has 0 bridgehead atoms. The van der Waals surface area contributed by atoms with E-state index in [2.05, 4.69) is 15.0 Å². The normalized spacial score (nSPS) is 25.9. The summed E-state index contributed by atoms with van der Waals surface area (Å²) in [5.41, 5.74) is -6.76. The molecule has 3 rings (SSSR count). The average Bonchev–Trinajstić information content (AvgIpc) is 0.787. The van der Waals surface area contributed by atoms with Crippen LogP contribution in [0, 0.1) is 87.6 Å². The molecule has 32 heteroatoms. The molecule has 0 saturated carbocycles. The van der Waals surface area contributed by atoms with Crippen molar-refractivity contribution < 1.29 is 527 Å². The fraction of sp³-hybridized carbons (Fsp3) is 0.364. The van der Waals surface area contributed by atoms with Crippen LogP contribution in [0.4, 0.5) is 78.4 Å². The monoisotopic (exact) mass is 1530 g/mol. The second-order valence-electron chi connectivity index (χ2n) is 13.2. The summed E-state index contributed by atoms with van der Waals surface area (Å²) in [6.07, 6.45) is -1.07. The first kappa shape index (κ1) is 5.92. The summed E-state index contributed by atoms with van der Waals surface area (Å²) in [7, 11) is 3.34. The zero-order chi connectivity index (χ0) is 310. The number of amides is 2. The maximum atomic E-state index is 13.5. The summed E-state index contributed by atoms with van der Waals surface area (Å²) in [5, 5.41) is 43.6. The number of rotatable bonds is 8. The zero-order valence-electron chi connectivity index (χ0n) is 296. The standard InChI is InChI=1S/C12H13F3N2O4.C9H7F3N2O3.C7H5F3N2O2.C5H10O2.ClH.K.HNO3.131H2/c1-12(2,3)21-11(18)16(4)7-5-6(13)8(14)9(15)10(7)17(19)20;1-4(15)13(2)6-3-5(10)7(11)8(12)9(6)14(16)17;1-11-4-2-3(8)5(9)6(10)7(4)12(13)14;1-5(2,3)7-4-6;;;2-1-4-3;;;;;;;;;;;;;;;;;;;;;;;;;;;;;;;;;;;;;;;;;;;;;;;;;;;;;;;;;;;;;;;;;;;;;;;;;;;;;;;;;;;;;;;;;;;;;;;;;;;;;;;;;;;;;;;;;;;;;;;;;;;;;;;;;;;/h5H,1-4H3;3H,1-2H3;2,11H,1H3;4H,1-3H3;1H;;3H;131*1H/q;;;;;+1;;;;;;;;;;;;;;;;;;;;;;;;;;;;;;;;;;;;;;;;;;;;;;;;;;;;;;;;;;;;;;;;;;;;;;;;;;;;;;;;;;;;;;;;;;;;;;;;;;;;;;;;;;;;;;;;;;;;;;;;;;;;;;;;;;;;/p-1/i;;;;;;;130*1+1D;1+1. The summed E-state index contributed by atoms with van der Waals surface area (Å²) in [6, 6.07) is 1.29. The number of benzene rings is 3. The van der Waals surface area contributed by atoms with E-state index in [0.717, 1.165) is 21.0 Å². The first-order valence-electron chi connectivity index (χ1n) is 146. The van der Waals surface area contributed by atoms with Crippen LogP contribution in [0.25, 0.3) is 0 Å². The van der Waals surface area contributed by atoms with Crippen molar-refractivity contribution in [1.82, 2.24) is 0 Å². The second kappa shape index (κ2) is 29.1. The first-order valence-corrected chi connectivity index (χ1v) is 16.3. The van der Waals surface area contributed by atoms with E-state index >= 15 is 0 Å². The predicted octanol–water partition coefficient (Wildman–Crippen LogP) is 37.0. The van der Waals surface area contributed by atoms with Crippen LogP contribution in [0.15, 0.2) is 23.5 Å². The van der Waals surface area contributed by atoms with Crippen molar-refractivity contribution in [3.8, 4) is 0 Å². The largest absolute Gasteiger partial charge is 1.00 e. The van der Waals surface area contributed by atoms with Crippen LogP contribution >= 0.6 is 12.4 Å². The van der Waals surface area contributed by atoms with Crippen molar-refractivity contribution in [2.24, 2.45) is 5.34 Å². The molecular formula is C33H298ClF9KN7O14. The molecule has 0 aliphatic carbocycles. The molecule has 65 heavy (non-hydrogen) atoms. The van der Waals surface area contributed by atoms with Crippen LogP contribution in [0.1, 0.15) is 436 Å². The molecule has 0 aliphatic heterocycles. The maximum absolute atomic E-state index is 13.5. The zero-order valence-corrected chi connectivity index (χ0v) is 39.5. The van der Waals surface area contributed by atoms with Gasteiger partial charge >= 0.3 is 74.5 Å². The summed E-state index contributed by atoms with van der Waals surface area (Å²) in [5.74, 6) is -16.9. The molecule has 0 fully saturated rings. The number of carbonyl (C=O) groups excluding carboxylic acids is 3. The Balaban J connectivity index is -0.00000000859. The van der Waals surface area contributed by atoms with Crippen molar-refractivity contribution in [2.75, 3.05) is 36.3 Å². The Kier molecular flexibility index (Phi) is 2.66. The van der Waals surface area contributed by atoms with Gasteiger partial charge in [-0.2, -0.15) is 13.2 Å². The van der Waals surface area contributed by atoms with Crippen molar-refractivity contribution in [1.29, 1.82) is 0 Å². The van der Waals surface area contributed by atoms with E-state index in [9.17, 15) is 84.2 Å². The molecule has 0 saturated heterocycles. The summed E-state index contributed by atoms with van der Waals surface area (Å²) in [6.45, 7) is 11.6. The fourth-order valence-corrected chi connectivity index (χ4v) is 3.70. The summed E-state index contributed by atoms with van der Waals surface area (Å²) < 4.78 is 1430. The maximum Gasteiger partial charge on any atom is 1.00 e. The van der Waals surface area contributed by atoms with Crippen LogP contribution in [0.2, 0.25) is 0 Å². The van der Waals surface area contributed by atoms with E-state index in [4.69, 9.17) is 401 Å². The number of nitrogens with one attached hydrogen (secondary N) is 1. The number of anilines is 3. The number of hydrogen-bond donors (Lipinski definition) is 1. The topological polar surface area (TPSA) is 279 Å². The van der Waals surface area contributed by atoms with Crippen molar-refractivity contribution >= 4 is 65.0 Å². The van der Waals surface area contributed by atoms with E-state index < -0.39 is 119 Å². The van der Waals surface area contributed by atoms with Crippen LogP contribution in [0.3, 0.4) is 0 Å². The molecule has 0 heterocycles. The smallest absolute Gasteiger partial charge is 0.635 e. The fourth-order valence-electron chi connectivity index (χ4n) is 3.70. The minimum atomic E-state index is -1.98. The van der Waals surface area contributed by atoms with Gasteiger partial charge in [0, 0.05) is 434 Å². The Morgan fingerprint density at radius 3 is 1.28 bits per heavy atom. The third kappa shape index (κ3) is 20.9. The Morgan fingerprint density at radius 1 is 0.708 bits per heavy atom. The molecule has 0 aromatic heterocycles. The summed E-state index contributed by atoms with van der Waals surface area (Å²) in [4.78, 5) is 72.4. The number of nitrogens with zero attached hydrogens (tertiary/aromatic N) is 6. The number of carbonyl (C=O) groups is 3. The Labute approximate surface area is 811 Å². The number of ether oxygens (including phenoxy) is 2. The number of nitro benzene ring substituents is 3. The van der Waals surface area contributed by atoms with E-state index in [1.807, 2.05) is 20.8 Å². The Bertz CT molecular complexity index is 2420. The molecule has 620 valence electrons. The molecule has 3 aromatic carbocycles. The number of nitro groups is 3. The van der Waals surface area contributed by atoms with Gasteiger partial charge in [-0.3, -0.25) is 44.8 Å². The van der Waals surface area contributed by atoms with Gasteiger partial charge in [-0.05, 0) is 41.5 Å². The van der Waals surface area contributed by atoms with Crippen LogP contribution < -0.4 is 71.8 Å². The summed E-state index contributed by atoms with van der Waals surface area (Å²) >= 11 is 0. The van der Waals surface area contributed by atoms with Gasteiger partial charge in [0.15, 0.2) is 17.5 Å². The van der Waals surface area contributed by atoms with Gasteiger partial charge in [0.1, 0.15) is 33.6 Å². The van der Waals surface area contributed by atoms with Gasteiger partial charge < -0.3 is 29.9 Å². The van der Waals surface area contributed by atoms with E-state index in [0.29, 0.717) is 34.5 Å². The minimum Gasteiger partial charge on any atom is -0.635 e. The van der Waals surface area contributed by atoms with Gasteiger partial charge in [-0.25, -0.2) is 31.1 Å². The van der Waals surface area contributed by atoms with Crippen LogP contribution in [0.5, 0.6) is 0 Å². The van der Waals surface area contributed by atoms with E-state index in [-0.39, 0.29) is 70.8 Å². The van der Waals surface area contributed by atoms with Crippen molar-refractivity contribution in [3.05, 3.63) is 106 Å². The van der Waals surface area contributed by atoms with E-state index in [1.54, 1.807) is 20.8 Å². The van der Waals surface area contributed by atoms with Gasteiger partial charge in [-0.1, -0.05) is 0 Å². The molecule has 0 radical (unpaired) electrons. The van der Waals surface area contributed by atoms with Crippen LogP contribution in [-0.2, 0) is 24.1 Å². The molecule has 1 N–H and O–H groups in total. The van der Waals surface area contributed by atoms with Gasteiger partial charge in [0.2, 0.25) is 40.8 Å². The third-order valence-electron chi connectivity index (χ3n) is 6.48. The minimum absolute atomic E-state index is 0. The Morgan fingerprint density at radius 2 is 1.03 bits per heavy atom. The van der Waals surface area contributed by atoms with Gasteiger partial charge in [0.25, 0.3) is 6.47 Å². The van der Waals surface area contributed by atoms with E-state index in [1.165, 1.54) is 12.4 Å². The number of halogens is 10. The molecule has 0 aliphatic rings. The second-order valence-corrected chi connectivity index (χ2v) is 13.2. The molecule has 0 spiro atoms. The molecule has 21 nitrogen and oxygen atoms in total. The molecule has 2 amide bonds. The SMILES string of the molecule is CC(=O)N(C)c1cc(F)c(F)c(F)c1[N+](=O)[O-].CC(C)(C)OC=O.CN(C(=O)OC(C)(C)C)c1cc(F)c(F)c(F)c1[N+](=O)[O-].CNc1cc(F)c(F)c(F)c1[N+](=O)[O-].Cl.O=NO[O-].[2HH].[2H][2H].[2H][2H].[2H][2H].[2H][2H].[2H][2H].[2H][2H].[2H][2H].[2H][2H].[2H][2H].[2H][2H].[2H][2H].[2H][2H].[2H][2H].[2H][2H].[2H][2H].[2H][2H].[2H][2H].[2H][2H].[2H][2H].[2H][2H].[2H][2H].[2H][2H].[2H][2H].[2H][2H].[2H][2H].[2H][2H].[2H][2H].[2H][2H].[2H][2H].[2H][2H].[2H][2H].[2H][2H].[2H][2H].[2H][2H].[2H][2H].[2H][2H].[2H][2H].[2H][2H].[2H][2H].[2H][2H].[2H][2H].[2H][2H].[2H][2H].[2H][2H].[2H][2H].[2H][2H].[2H][2H].[2H][2H].[2H][2H].[2H][2H].[2H][2H].[2H][2H].[2H][2H].[2H][2H].[2H][2H].[2H][2H].[2H][2H].[2H][2H].[2H][2H].[2H][2H].[2H][2H].[2H][2H].[2H][2H].[2H][2H].[2H][2H].[2H][2H].[2H][2H].[2H][2H].[2H][2H].[2H][2H].[2H][2H].[2H][2H].[2H][2H].[2H][2H].[2H][2H].[2H][2H].[2H][2H].[2H][2H].[2H][2H].[2H][2H].[2H][2H].[2H][2H].[2H][2H].[2H][2H].[2H][2H].[2H][2H].[2H][2H].[2H][2H].[2H][2H].[2H][2H].[2H][2H].[2H][2H].[2H][2H].[2H][2H].[2H][2H].[2H][2H].[2H][2H].[2H][2H].[2H][2H].[2H][2H].[2H][2H].[2H][2H].[2H][2H].[2H][2H].[2H][2H].[2H][2H].[2H][2H].[2H][2H].[2H][2H].[2H][2H].[2H][2H].[2H][2H].[2H][2H].[2H][2H].[2H][2H].[2H][2H].[2H][2H].[2H][2H].[2H][2H].[2H][2H].[2H][2H].[2H][2H].[2H][2H].[2H][2H].[2H][2H].[2H][2H].[2H][2H].[2H][2H].[2H][2H].[2H][2H].[K+]. The third-order valence-corrected chi connectivity index (χ3v) is 6.48. The van der Waals surface area contributed by atoms with Gasteiger partial charge in [0.05, 0.1) is 14.8 Å². The Hall–Kier alpha value is -5.47. The molecule has 3 aromatic rings. The quantitative estimate of drug-likeness (QED) is 0.0321. The molecular weight excluding hydrogens is 964 g/mol. The molecule has 0 unspecified atom stereocenters. The number of hydrogen-bond acceptors (Lipinski definition) is 16.